The molecule has 7 heteroatoms. The number of ether oxygens (including phenoxy) is 1. The van der Waals surface area contributed by atoms with Crippen LogP contribution in [0.15, 0.2) is 30.5 Å². The Hall–Kier alpha value is -2.83. The largest absolute Gasteiger partial charge is 0.491 e. The number of carboxylic acid groups (broad SMARTS) is 1. The van der Waals surface area contributed by atoms with Crippen molar-refractivity contribution in [1.29, 1.82) is 0 Å². The van der Waals surface area contributed by atoms with Crippen molar-refractivity contribution in [3.8, 4) is 17.1 Å². The van der Waals surface area contributed by atoms with Crippen molar-refractivity contribution in [2.75, 3.05) is 18.0 Å². The van der Waals surface area contributed by atoms with Crippen molar-refractivity contribution < 1.29 is 14.6 Å². The van der Waals surface area contributed by atoms with Crippen LogP contribution in [0.4, 0.5) is 10.6 Å². The molecule has 0 radical (unpaired) electrons. The molecule has 1 aromatic heterocycles. The molecule has 2 heterocycles. The van der Waals surface area contributed by atoms with Crippen LogP contribution in [0.2, 0.25) is 0 Å². The zero-order chi connectivity index (χ0) is 21.0. The minimum Gasteiger partial charge on any atom is -0.491 e. The molecule has 1 fully saturated rings. The smallest absolute Gasteiger partial charge is 0.404 e. The average Bonchev–Trinajstić information content (AvgIpc) is 2.68. The normalized spacial score (nSPS) is 15.0. The van der Waals surface area contributed by atoms with Crippen LogP contribution in [0.25, 0.3) is 11.4 Å². The van der Waals surface area contributed by atoms with E-state index in [1.807, 2.05) is 32.0 Å². The maximum atomic E-state index is 10.8. The highest BCUT2D eigenvalue weighted by Crippen LogP contribution is 2.32. The van der Waals surface area contributed by atoms with Gasteiger partial charge in [0, 0.05) is 30.9 Å². The highest BCUT2D eigenvalue weighted by molar-refractivity contribution is 5.65. The van der Waals surface area contributed by atoms with E-state index in [4.69, 9.17) is 14.8 Å². The summed E-state index contributed by atoms with van der Waals surface area (Å²) in [6.45, 7) is 9.89. The van der Waals surface area contributed by atoms with Gasteiger partial charge >= 0.3 is 6.09 Å². The fourth-order valence-electron chi connectivity index (χ4n) is 3.59. The molecule has 0 unspecified atom stereocenters. The van der Waals surface area contributed by atoms with E-state index in [0.29, 0.717) is 11.7 Å². The first-order valence-corrected chi connectivity index (χ1v) is 10.2. The van der Waals surface area contributed by atoms with Gasteiger partial charge in [0.05, 0.1) is 6.10 Å². The van der Waals surface area contributed by atoms with Crippen molar-refractivity contribution in [3.05, 3.63) is 36.0 Å². The standard InChI is InChI=1S/C22H30N4O3/c1-14(2)18-13-16(5-6-19(18)29-15(3)4)21-23-10-7-20(25-21)26-11-8-17(9-12-26)24-22(27)28/h5-7,10,13-15,17,24H,8-9,11-12H2,1-4H3,(H,27,28). The number of benzene rings is 1. The van der Waals surface area contributed by atoms with E-state index in [9.17, 15) is 4.79 Å². The lowest BCUT2D eigenvalue weighted by atomic mass is 9.99. The van der Waals surface area contributed by atoms with Gasteiger partial charge in [-0.25, -0.2) is 14.8 Å². The molecule has 3 rings (SSSR count). The second kappa shape index (κ2) is 9.11. The Kier molecular flexibility index (Phi) is 6.56. The summed E-state index contributed by atoms with van der Waals surface area (Å²) < 4.78 is 5.96. The summed E-state index contributed by atoms with van der Waals surface area (Å²) in [5, 5.41) is 11.5. The molecule has 0 aliphatic carbocycles. The third-order valence-corrected chi connectivity index (χ3v) is 5.04. The first-order valence-electron chi connectivity index (χ1n) is 10.2. The second-order valence-corrected chi connectivity index (χ2v) is 8.02. The number of hydrogen-bond acceptors (Lipinski definition) is 5. The van der Waals surface area contributed by atoms with E-state index >= 15 is 0 Å². The molecule has 0 spiro atoms. The number of amides is 1. The number of anilines is 1. The van der Waals surface area contributed by atoms with Gasteiger partial charge in [-0.15, -0.1) is 0 Å². The molecular weight excluding hydrogens is 368 g/mol. The number of nitrogens with zero attached hydrogens (tertiary/aromatic N) is 3. The first-order chi connectivity index (χ1) is 13.8. The average molecular weight is 399 g/mol. The van der Waals surface area contributed by atoms with E-state index in [1.54, 1.807) is 6.20 Å². The Balaban J connectivity index is 1.79. The molecule has 1 amide bonds. The highest BCUT2D eigenvalue weighted by Gasteiger charge is 2.22. The molecule has 0 saturated carbocycles. The maximum Gasteiger partial charge on any atom is 0.404 e. The van der Waals surface area contributed by atoms with Crippen LogP contribution in [0, 0.1) is 0 Å². The van der Waals surface area contributed by atoms with Crippen molar-refractivity contribution >= 4 is 11.9 Å². The van der Waals surface area contributed by atoms with Gasteiger partial charge < -0.3 is 20.1 Å². The minimum atomic E-state index is -0.960. The quantitative estimate of drug-likeness (QED) is 0.755. The SMILES string of the molecule is CC(C)Oc1ccc(-c2nccc(N3CCC(NC(=O)O)CC3)n2)cc1C(C)C. The van der Waals surface area contributed by atoms with E-state index in [0.717, 1.165) is 48.6 Å². The van der Waals surface area contributed by atoms with Gasteiger partial charge in [0.2, 0.25) is 0 Å². The van der Waals surface area contributed by atoms with Gasteiger partial charge in [-0.2, -0.15) is 0 Å². The number of piperidine rings is 1. The monoisotopic (exact) mass is 398 g/mol. The molecule has 1 aliphatic rings. The molecule has 156 valence electrons. The van der Waals surface area contributed by atoms with Gasteiger partial charge in [0.1, 0.15) is 11.6 Å². The van der Waals surface area contributed by atoms with Crippen molar-refractivity contribution in [3.63, 3.8) is 0 Å². The zero-order valence-corrected chi connectivity index (χ0v) is 17.6. The molecule has 0 bridgehead atoms. The molecular formula is C22H30N4O3. The summed E-state index contributed by atoms with van der Waals surface area (Å²) in [5.74, 6) is 2.79. The van der Waals surface area contributed by atoms with Crippen molar-refractivity contribution in [2.24, 2.45) is 0 Å². The molecule has 29 heavy (non-hydrogen) atoms. The minimum absolute atomic E-state index is 0.00663. The molecule has 7 nitrogen and oxygen atoms in total. The van der Waals surface area contributed by atoms with E-state index in [2.05, 4.69) is 35.1 Å². The number of nitrogens with one attached hydrogen (secondary N) is 1. The van der Waals surface area contributed by atoms with Gasteiger partial charge in [-0.1, -0.05) is 13.8 Å². The summed E-state index contributed by atoms with van der Waals surface area (Å²) in [5.41, 5.74) is 2.11. The summed E-state index contributed by atoms with van der Waals surface area (Å²) >= 11 is 0. The number of rotatable bonds is 6. The molecule has 1 aromatic carbocycles. The Morgan fingerprint density at radius 3 is 2.55 bits per heavy atom. The number of aromatic nitrogens is 2. The first kappa shape index (κ1) is 20.9. The Morgan fingerprint density at radius 1 is 1.21 bits per heavy atom. The predicted octanol–water partition coefficient (Wildman–Crippen LogP) is 4.29. The van der Waals surface area contributed by atoms with E-state index < -0.39 is 6.09 Å². The van der Waals surface area contributed by atoms with Crippen molar-refractivity contribution in [2.45, 2.75) is 58.6 Å². The third-order valence-electron chi connectivity index (χ3n) is 5.04. The topological polar surface area (TPSA) is 87.6 Å². The van der Waals surface area contributed by atoms with Gasteiger partial charge in [0.15, 0.2) is 5.82 Å². The molecule has 1 saturated heterocycles. The number of hydrogen-bond donors (Lipinski definition) is 2. The lowest BCUT2D eigenvalue weighted by molar-refractivity contribution is 0.187. The van der Waals surface area contributed by atoms with Gasteiger partial charge in [0.25, 0.3) is 0 Å². The lowest BCUT2D eigenvalue weighted by Crippen LogP contribution is -2.44. The highest BCUT2D eigenvalue weighted by atomic mass is 16.5. The number of carbonyl (C=O) groups is 1. The Morgan fingerprint density at radius 2 is 1.93 bits per heavy atom. The van der Waals surface area contributed by atoms with Gasteiger partial charge in [-0.05, 0) is 62.4 Å². The summed E-state index contributed by atoms with van der Waals surface area (Å²) in [7, 11) is 0. The summed E-state index contributed by atoms with van der Waals surface area (Å²) in [4.78, 5) is 22.3. The van der Waals surface area contributed by atoms with Crippen LogP contribution in [0.5, 0.6) is 5.75 Å². The van der Waals surface area contributed by atoms with E-state index in [-0.39, 0.29) is 12.1 Å². The van der Waals surface area contributed by atoms with Crippen LogP contribution in [-0.2, 0) is 0 Å². The third kappa shape index (κ3) is 5.37. The fraction of sp³-hybridized carbons (Fsp3) is 0.500. The lowest BCUT2D eigenvalue weighted by Gasteiger charge is -2.32. The summed E-state index contributed by atoms with van der Waals surface area (Å²) in [6, 6.07) is 8.04. The van der Waals surface area contributed by atoms with Crippen LogP contribution >= 0.6 is 0 Å². The molecule has 1 aliphatic heterocycles. The van der Waals surface area contributed by atoms with Crippen LogP contribution in [0.1, 0.15) is 52.0 Å². The maximum absolute atomic E-state index is 10.8. The Bertz CT molecular complexity index is 846. The predicted molar refractivity (Wildman–Crippen MR) is 114 cm³/mol. The van der Waals surface area contributed by atoms with Crippen LogP contribution in [-0.4, -0.2) is 46.4 Å². The van der Waals surface area contributed by atoms with Crippen LogP contribution < -0.4 is 15.0 Å². The van der Waals surface area contributed by atoms with Gasteiger partial charge in [-0.3, -0.25) is 0 Å². The summed E-state index contributed by atoms with van der Waals surface area (Å²) in [6.07, 6.45) is 2.48. The molecule has 2 N–H and O–H groups in total. The zero-order valence-electron chi connectivity index (χ0n) is 17.6. The fourth-order valence-corrected chi connectivity index (χ4v) is 3.59. The molecule has 0 atom stereocenters. The van der Waals surface area contributed by atoms with E-state index in [1.165, 1.54) is 0 Å². The van der Waals surface area contributed by atoms with Crippen molar-refractivity contribution in [1.82, 2.24) is 15.3 Å². The second-order valence-electron chi connectivity index (χ2n) is 8.02. The Labute approximate surface area is 172 Å². The molecule has 2 aromatic rings. The van der Waals surface area contributed by atoms with Crippen LogP contribution in [0.3, 0.4) is 0 Å².